The summed E-state index contributed by atoms with van der Waals surface area (Å²) < 4.78 is 2.54. The number of hydrogen-bond donors (Lipinski definition) is 1. The Balaban J connectivity index is 1.41. The first-order valence-corrected chi connectivity index (χ1v) is 22.9. The molecular formula is C52H72N4O3. The number of anilines is 1. The molecule has 3 aliphatic heterocycles. The highest BCUT2D eigenvalue weighted by atomic mass is 16.4. The molecule has 2 atom stereocenters. The molecule has 318 valence electrons. The van der Waals surface area contributed by atoms with Crippen molar-refractivity contribution in [2.45, 2.75) is 149 Å². The van der Waals surface area contributed by atoms with Crippen molar-refractivity contribution in [2.75, 3.05) is 31.1 Å². The third-order valence-electron chi connectivity index (χ3n) is 13.7. The quantitative estimate of drug-likeness (QED) is 0.111. The largest absolute Gasteiger partial charge is 0.481 e. The maximum absolute atomic E-state index is 14.2. The van der Waals surface area contributed by atoms with E-state index in [9.17, 15) is 14.7 Å². The van der Waals surface area contributed by atoms with E-state index in [1.807, 2.05) is 4.90 Å². The Morgan fingerprint density at radius 2 is 1.69 bits per heavy atom. The van der Waals surface area contributed by atoms with E-state index in [2.05, 4.69) is 132 Å². The molecule has 7 nitrogen and oxygen atoms in total. The van der Waals surface area contributed by atoms with Gasteiger partial charge in [-0.1, -0.05) is 117 Å². The molecule has 6 rings (SSSR count). The first-order chi connectivity index (χ1) is 28.2. The Morgan fingerprint density at radius 1 is 0.966 bits per heavy atom. The van der Waals surface area contributed by atoms with E-state index in [0.29, 0.717) is 32.4 Å². The number of amides is 1. The van der Waals surface area contributed by atoms with Crippen LogP contribution in [0.3, 0.4) is 0 Å². The first-order valence-electron chi connectivity index (χ1n) is 22.9. The zero-order valence-electron chi connectivity index (χ0n) is 37.6. The van der Waals surface area contributed by atoms with Gasteiger partial charge < -0.3 is 19.5 Å². The van der Waals surface area contributed by atoms with E-state index >= 15 is 0 Å². The summed E-state index contributed by atoms with van der Waals surface area (Å²) >= 11 is 0. The molecule has 2 aromatic carbocycles. The fourth-order valence-electron chi connectivity index (χ4n) is 10.0. The summed E-state index contributed by atoms with van der Waals surface area (Å²) in [4.78, 5) is 35.9. The van der Waals surface area contributed by atoms with Gasteiger partial charge in [-0.3, -0.25) is 14.6 Å². The van der Waals surface area contributed by atoms with E-state index in [-0.39, 0.29) is 28.6 Å². The third-order valence-corrected chi connectivity index (χ3v) is 13.7. The molecule has 4 aliphatic rings. The predicted molar refractivity (Wildman–Crippen MR) is 245 cm³/mol. The SMILES string of the molecule is C=c1ccc2c(c1)C(C)(C)[C-](/C=C/C1CCC/C(=C\C=C3/N(CCCCC)c4ccc(C)cc4C3(C)C)C1=NC(CC)C(=O)N1CCC(C(=O)O)CC1)[N+]=2CCCCC. The van der Waals surface area contributed by atoms with Crippen molar-refractivity contribution in [1.29, 1.82) is 0 Å². The Kier molecular flexibility index (Phi) is 14.1. The minimum atomic E-state index is -0.764. The van der Waals surface area contributed by atoms with Gasteiger partial charge in [0, 0.05) is 54.0 Å². The van der Waals surface area contributed by atoms with Crippen LogP contribution in [-0.2, 0) is 20.4 Å². The van der Waals surface area contributed by atoms with Crippen molar-refractivity contribution >= 4 is 29.9 Å². The number of fused-ring (bicyclic) bond motifs is 2. The summed E-state index contributed by atoms with van der Waals surface area (Å²) in [5, 5.41) is 12.0. The molecule has 0 bridgehead atoms. The highest BCUT2D eigenvalue weighted by Crippen LogP contribution is 2.48. The van der Waals surface area contributed by atoms with Gasteiger partial charge in [-0.15, -0.1) is 6.08 Å². The molecule has 1 amide bonds. The normalized spacial score (nSPS) is 22.8. The number of aliphatic imine (C=N–C) groups is 1. The highest BCUT2D eigenvalue weighted by molar-refractivity contribution is 6.05. The van der Waals surface area contributed by atoms with Gasteiger partial charge in [0.05, 0.1) is 12.0 Å². The first kappa shape index (κ1) is 44.2. The Hall–Kier alpha value is -4.39. The van der Waals surface area contributed by atoms with Gasteiger partial charge >= 0.3 is 5.97 Å². The maximum atomic E-state index is 14.2. The van der Waals surface area contributed by atoms with Gasteiger partial charge in [-0.05, 0) is 97.9 Å². The zero-order chi connectivity index (χ0) is 42.5. The summed E-state index contributed by atoms with van der Waals surface area (Å²) in [7, 11) is 0. The third kappa shape index (κ3) is 9.35. The molecule has 3 heterocycles. The molecule has 2 fully saturated rings. The zero-order valence-corrected chi connectivity index (χ0v) is 37.6. The van der Waals surface area contributed by atoms with Gasteiger partial charge in [0.15, 0.2) is 0 Å². The molecule has 1 N–H and O–H groups in total. The number of carbonyl (C=O) groups is 2. The Morgan fingerprint density at radius 3 is 2.39 bits per heavy atom. The number of carboxylic acids is 1. The number of carbonyl (C=O) groups excluding carboxylic acids is 1. The van der Waals surface area contributed by atoms with Crippen LogP contribution in [0, 0.1) is 24.8 Å². The van der Waals surface area contributed by atoms with Gasteiger partial charge in [0.2, 0.25) is 5.91 Å². The molecule has 1 saturated carbocycles. The van der Waals surface area contributed by atoms with E-state index in [1.165, 1.54) is 70.7 Å². The number of nitrogens with zero attached hydrogens (tertiary/aromatic N) is 4. The average molecular weight is 801 g/mol. The lowest BCUT2D eigenvalue weighted by Gasteiger charge is -2.33. The molecule has 0 aromatic heterocycles. The minimum absolute atomic E-state index is 0.0209. The fourth-order valence-corrected chi connectivity index (χ4v) is 10.0. The summed E-state index contributed by atoms with van der Waals surface area (Å²) in [5.41, 5.74) is 8.52. The summed E-state index contributed by atoms with van der Waals surface area (Å²) in [6.45, 7) is 25.3. The molecular weight excluding hydrogens is 729 g/mol. The second-order valence-corrected chi connectivity index (χ2v) is 18.7. The van der Waals surface area contributed by atoms with Crippen LogP contribution < -0.4 is 20.1 Å². The number of likely N-dealkylation sites (tertiary alicyclic amines) is 1. The van der Waals surface area contributed by atoms with Crippen molar-refractivity contribution in [3.8, 4) is 0 Å². The number of aliphatic carboxylic acids is 1. The number of hydrogen-bond acceptors (Lipinski definition) is 4. The lowest BCUT2D eigenvalue weighted by Crippen LogP contribution is -2.44. The van der Waals surface area contributed by atoms with Gasteiger partial charge in [0.25, 0.3) is 0 Å². The van der Waals surface area contributed by atoms with Gasteiger partial charge in [-0.25, -0.2) is 0 Å². The molecule has 1 saturated heterocycles. The molecule has 0 spiro atoms. The van der Waals surface area contributed by atoms with Crippen LogP contribution in [0.1, 0.15) is 142 Å². The number of unbranched alkanes of at least 4 members (excludes halogenated alkanes) is 4. The lowest BCUT2D eigenvalue weighted by molar-refractivity contribution is -0.146. The van der Waals surface area contributed by atoms with E-state index in [0.717, 1.165) is 56.1 Å². The number of allylic oxidation sites excluding steroid dienone is 5. The lowest BCUT2D eigenvalue weighted by atomic mass is 9.77. The van der Waals surface area contributed by atoms with Crippen LogP contribution in [0.25, 0.3) is 6.58 Å². The van der Waals surface area contributed by atoms with E-state index in [4.69, 9.17) is 4.99 Å². The van der Waals surface area contributed by atoms with Crippen LogP contribution in [0.5, 0.6) is 0 Å². The van der Waals surface area contributed by atoms with Crippen molar-refractivity contribution in [1.82, 2.24) is 9.48 Å². The molecule has 2 aromatic rings. The number of rotatable bonds is 15. The number of aryl methyl sites for hydroxylation is 1. The monoisotopic (exact) mass is 801 g/mol. The van der Waals surface area contributed by atoms with Crippen LogP contribution in [0.15, 0.2) is 77.0 Å². The van der Waals surface area contributed by atoms with Gasteiger partial charge in [0.1, 0.15) is 17.9 Å². The summed E-state index contributed by atoms with van der Waals surface area (Å²) in [6.07, 6.45) is 21.0. The standard InChI is InChI=1S/C52H72N4O3/c1-10-13-15-30-55-44-24-20-36(4)34-41(44)51(6,7)46(55)26-22-38-18-17-19-39(48(38)53-43(12-3)49(57)54-32-28-40(29-33-54)50(58)59)23-27-47-52(8,9)42-35-37(5)21-25-45(42)56(47)31-16-14-11-2/h20-27,34-35,38,40,43H,4,10-19,28-33H2,1-3,5-9H3,(H,58,59)/b26-22+,39-23+,47-27-,53-48?. The topological polar surface area (TPSA) is 76.2 Å². The molecule has 7 heteroatoms. The summed E-state index contributed by atoms with van der Waals surface area (Å²) in [5.74, 6) is -1.08. The van der Waals surface area contributed by atoms with Crippen molar-refractivity contribution in [3.05, 3.63) is 105 Å². The highest BCUT2D eigenvalue weighted by Gasteiger charge is 2.41. The molecule has 1 aliphatic carbocycles. The predicted octanol–water partition coefficient (Wildman–Crippen LogP) is 9.61. The van der Waals surface area contributed by atoms with Crippen LogP contribution in [0.2, 0.25) is 0 Å². The van der Waals surface area contributed by atoms with Crippen LogP contribution >= 0.6 is 0 Å². The molecule has 0 radical (unpaired) electrons. The van der Waals surface area contributed by atoms with Crippen molar-refractivity contribution in [3.63, 3.8) is 0 Å². The van der Waals surface area contributed by atoms with Crippen LogP contribution in [0.4, 0.5) is 5.69 Å². The molecule has 59 heavy (non-hydrogen) atoms. The Bertz CT molecular complexity index is 2100. The Labute approximate surface area is 355 Å². The smallest absolute Gasteiger partial charge is 0.306 e. The molecule has 2 unspecified atom stereocenters. The number of carboxylic acid groups (broad SMARTS) is 1. The average Bonchev–Trinajstić information content (AvgIpc) is 3.55. The minimum Gasteiger partial charge on any atom is -0.481 e. The summed E-state index contributed by atoms with van der Waals surface area (Å²) in [6, 6.07) is 14.3. The van der Waals surface area contributed by atoms with Crippen molar-refractivity contribution < 1.29 is 14.7 Å². The number of piperidine rings is 1. The van der Waals surface area contributed by atoms with Crippen molar-refractivity contribution in [2.24, 2.45) is 16.8 Å². The maximum Gasteiger partial charge on any atom is 0.306 e. The van der Waals surface area contributed by atoms with E-state index < -0.39 is 12.0 Å². The second kappa shape index (κ2) is 18.9. The van der Waals surface area contributed by atoms with E-state index in [1.54, 1.807) is 0 Å². The second-order valence-electron chi connectivity index (χ2n) is 18.7. The van der Waals surface area contributed by atoms with Gasteiger partial charge in [-0.2, -0.15) is 6.08 Å². The number of benzene rings is 2. The van der Waals surface area contributed by atoms with Crippen LogP contribution in [-0.4, -0.2) is 59.8 Å². The fraction of sp³-hybridized carbons (Fsp3) is 0.558.